The predicted octanol–water partition coefficient (Wildman–Crippen LogP) is 12.1. The van der Waals surface area contributed by atoms with Crippen LogP contribution >= 0.6 is 46.4 Å². The number of halogens is 4. The maximum absolute atomic E-state index is 12.2. The lowest BCUT2D eigenvalue weighted by Crippen LogP contribution is -2.47. The van der Waals surface area contributed by atoms with Gasteiger partial charge >= 0.3 is 11.9 Å². The lowest BCUT2D eigenvalue weighted by Gasteiger charge is -2.35. The average Bonchev–Trinajstić information content (AvgIpc) is 4.02. The first-order valence-electron chi connectivity index (χ1n) is 27.0. The van der Waals surface area contributed by atoms with E-state index < -0.39 is 0 Å². The monoisotopic (exact) mass is 1140 g/mol. The van der Waals surface area contributed by atoms with Gasteiger partial charge in [-0.1, -0.05) is 68.8 Å². The zero-order valence-corrected chi connectivity index (χ0v) is 47.3. The summed E-state index contributed by atoms with van der Waals surface area (Å²) in [6, 6.07) is 25.8. The van der Waals surface area contributed by atoms with Crippen molar-refractivity contribution >= 4 is 97.8 Å². The summed E-state index contributed by atoms with van der Waals surface area (Å²) in [7, 11) is 6.78. The van der Waals surface area contributed by atoms with Gasteiger partial charge in [-0.2, -0.15) is 0 Å². The molecule has 14 rings (SSSR count). The first-order chi connectivity index (χ1) is 38.3. The normalized spacial score (nSPS) is 20.2. The molecule has 410 valence electrons. The van der Waals surface area contributed by atoms with Gasteiger partial charge in [0.15, 0.2) is 0 Å². The number of anilines is 2. The minimum atomic E-state index is -0.304. The van der Waals surface area contributed by atoms with E-state index in [-0.39, 0.29) is 18.4 Å². The predicted molar refractivity (Wildman–Crippen MR) is 309 cm³/mol. The number of aromatic nitrogens is 4. The second-order valence-corrected chi connectivity index (χ2v) is 23.3. The number of ether oxygens (including phenoxy) is 2. The van der Waals surface area contributed by atoms with E-state index in [2.05, 4.69) is 54.6 Å². The molecule has 4 aromatic carbocycles. The molecule has 19 heteroatoms. The Hall–Kier alpha value is -6.33. The van der Waals surface area contributed by atoms with Crippen molar-refractivity contribution in [1.29, 1.82) is 0 Å². The number of benzene rings is 4. The third-order valence-corrected chi connectivity index (χ3v) is 18.0. The van der Waals surface area contributed by atoms with Gasteiger partial charge in [-0.3, -0.25) is 4.90 Å². The molecular weight excluding hydrogens is 1090 g/mol. The number of aryl methyl sites for hydroxylation is 2. The van der Waals surface area contributed by atoms with Crippen LogP contribution in [-0.2, 0) is 41.2 Å². The molecule has 4 aliphatic heterocycles. The number of fused-ring (bicyclic) bond motifs is 6. The largest absolute Gasteiger partial charge is 0.465 e. The van der Waals surface area contributed by atoms with Gasteiger partial charge in [0.05, 0.1) is 56.5 Å². The summed E-state index contributed by atoms with van der Waals surface area (Å²) in [6.45, 7) is 5.11. The molecule has 4 unspecified atom stereocenters. The van der Waals surface area contributed by atoms with E-state index >= 15 is 0 Å². The maximum Gasteiger partial charge on any atom is 0.340 e. The van der Waals surface area contributed by atoms with Crippen molar-refractivity contribution in [1.82, 2.24) is 29.7 Å². The van der Waals surface area contributed by atoms with Gasteiger partial charge in [-0.25, -0.2) is 9.59 Å². The molecule has 0 amide bonds. The molecule has 15 nitrogen and oxygen atoms in total. The minimum Gasteiger partial charge on any atom is -0.465 e. The Labute approximate surface area is 477 Å². The number of likely N-dealkylation sites (tertiary alicyclic amines) is 1. The van der Waals surface area contributed by atoms with Gasteiger partial charge in [0.25, 0.3) is 0 Å². The summed E-state index contributed by atoms with van der Waals surface area (Å²) >= 11 is 25.5. The average molecular weight is 1150 g/mol. The van der Waals surface area contributed by atoms with Crippen molar-refractivity contribution in [3.8, 4) is 22.5 Å². The van der Waals surface area contributed by atoms with Crippen molar-refractivity contribution in [2.45, 2.75) is 87.4 Å². The lowest BCUT2D eigenvalue weighted by molar-refractivity contribution is -0.107. The Morgan fingerprint density at radius 2 is 1.16 bits per heavy atom. The minimum absolute atomic E-state index is 0.270. The molecule has 2 saturated carbocycles. The van der Waals surface area contributed by atoms with E-state index in [1.807, 2.05) is 66.0 Å². The second-order valence-electron chi connectivity index (χ2n) is 21.6. The van der Waals surface area contributed by atoms with Crippen LogP contribution in [0.25, 0.3) is 44.3 Å². The molecule has 4 atom stereocenters. The Morgan fingerprint density at radius 3 is 1.61 bits per heavy atom. The van der Waals surface area contributed by atoms with Crippen LogP contribution in [0.5, 0.6) is 0 Å². The van der Waals surface area contributed by atoms with Gasteiger partial charge in [-0.05, 0) is 106 Å². The quantitative estimate of drug-likeness (QED) is 0.0861. The van der Waals surface area contributed by atoms with Crippen molar-refractivity contribution < 1.29 is 32.9 Å². The van der Waals surface area contributed by atoms with E-state index in [1.54, 1.807) is 18.2 Å². The molecule has 0 radical (unpaired) electrons. The van der Waals surface area contributed by atoms with Crippen molar-refractivity contribution in [3.05, 3.63) is 139 Å². The van der Waals surface area contributed by atoms with Crippen LogP contribution in [-0.4, -0.2) is 114 Å². The first kappa shape index (κ1) is 53.3. The Kier molecular flexibility index (Phi) is 14.8. The highest BCUT2D eigenvalue weighted by Gasteiger charge is 2.44. The summed E-state index contributed by atoms with van der Waals surface area (Å²) in [5, 5.41) is 16.2. The molecule has 0 spiro atoms. The molecule has 8 aromatic rings. The van der Waals surface area contributed by atoms with E-state index in [1.165, 1.54) is 32.0 Å². The topological polar surface area (TPSA) is 153 Å². The summed E-state index contributed by atoms with van der Waals surface area (Å²) in [6.07, 6.45) is 12.5. The SMILES string of the molecule is COC(=O)c1cn(C)c2cc(N3CC4CC3CN4)ccc12.COC(=O)c1cn(C)c2cc(N3CC4CC3CN4CCc3c(-c4c(Cl)cccc4Cl)noc3C3CC3)ccc12.O=CCc1c(-c2c(Cl)cccc2Cl)noc1C1CC1. The third kappa shape index (κ3) is 10.2. The molecule has 6 aliphatic rings. The number of carbonyl (C=O) groups is 3. The number of nitrogens with zero attached hydrogens (tertiary/aromatic N) is 7. The molecule has 4 saturated heterocycles. The Balaban J connectivity index is 0.000000131. The summed E-state index contributed by atoms with van der Waals surface area (Å²) in [4.78, 5) is 42.5. The molecule has 1 N–H and O–H groups in total. The van der Waals surface area contributed by atoms with Crippen LogP contribution in [0.4, 0.5) is 11.4 Å². The van der Waals surface area contributed by atoms with Gasteiger partial charge in [0.2, 0.25) is 0 Å². The summed E-state index contributed by atoms with van der Waals surface area (Å²) in [5.41, 5.74) is 10.6. The second kappa shape index (κ2) is 22.0. The number of rotatable bonds is 13. The number of hydrogen-bond acceptors (Lipinski definition) is 13. The molecule has 8 heterocycles. The highest BCUT2D eigenvalue weighted by Crippen LogP contribution is 2.48. The highest BCUT2D eigenvalue weighted by atomic mass is 35.5. The van der Waals surface area contributed by atoms with Gasteiger partial charge in [0.1, 0.15) is 29.2 Å². The first-order valence-corrected chi connectivity index (χ1v) is 28.5. The fourth-order valence-electron chi connectivity index (χ4n) is 12.5. The number of methoxy groups -OCH3 is 2. The van der Waals surface area contributed by atoms with Crippen LogP contribution in [0.15, 0.2) is 94.2 Å². The number of aldehydes is 1. The number of hydrogen-bond donors (Lipinski definition) is 1. The van der Waals surface area contributed by atoms with Crippen LogP contribution in [0.2, 0.25) is 20.1 Å². The van der Waals surface area contributed by atoms with Crippen molar-refractivity contribution in [2.24, 2.45) is 14.1 Å². The smallest absolute Gasteiger partial charge is 0.340 e. The third-order valence-electron chi connectivity index (χ3n) is 16.7. The van der Waals surface area contributed by atoms with Gasteiger partial charge in [-0.15, -0.1) is 0 Å². The van der Waals surface area contributed by atoms with Crippen molar-refractivity contribution in [3.63, 3.8) is 0 Å². The summed E-state index contributed by atoms with van der Waals surface area (Å²) in [5.74, 6) is 2.07. The molecule has 4 aromatic heterocycles. The fourth-order valence-corrected chi connectivity index (χ4v) is 13.6. The van der Waals surface area contributed by atoms with Crippen LogP contribution < -0.4 is 15.1 Å². The van der Waals surface area contributed by atoms with E-state index in [4.69, 9.17) is 64.9 Å². The standard InChI is InChI=1S/C30H30Cl2N4O3.C16H19N3O2.C14H11Cl2NO2/c1-34-16-23(30(37)38-2)21-9-8-18(13-26(21)34)36-15-19-12-20(36)14-35(19)11-10-22-28(33-39-29(22)17-6-7-17)27-24(31)4-3-5-25(27)32;1-18-9-14(16(20)21-2)13-4-3-11(6-15(13)18)19-8-10-5-12(19)7-17-10;15-10-2-1-3-11(16)12(10)13-9(6-7-18)14(19-17-13)8-4-5-8/h3-5,8-9,13,16-17,19-20H,6-7,10-12,14-15H2,1-2H3;3-4,6,9-10,12,17H,5,7-8H2,1-2H3;1-3,7-8H,4-6H2. The maximum atomic E-state index is 12.2. The van der Waals surface area contributed by atoms with Crippen LogP contribution in [0, 0.1) is 0 Å². The molecule has 79 heavy (non-hydrogen) atoms. The molecular formula is C60H60Cl4N8O7. The number of carbonyl (C=O) groups excluding carboxylic acids is 3. The number of piperazine rings is 2. The fraction of sp³-hybridized carbons (Fsp3) is 0.383. The van der Waals surface area contributed by atoms with Gasteiger partial charge in [0, 0.05) is 146 Å². The zero-order chi connectivity index (χ0) is 54.8. The molecule has 4 bridgehead atoms. The zero-order valence-electron chi connectivity index (χ0n) is 44.3. The van der Waals surface area contributed by atoms with Gasteiger partial charge < -0.3 is 47.6 Å². The van der Waals surface area contributed by atoms with Crippen LogP contribution in [0.1, 0.15) is 93.7 Å². The lowest BCUT2D eigenvalue weighted by atomic mass is 10.0. The van der Waals surface area contributed by atoms with E-state index in [0.29, 0.717) is 78.5 Å². The molecule has 2 aliphatic carbocycles. The van der Waals surface area contributed by atoms with E-state index in [9.17, 15) is 14.4 Å². The number of nitrogens with one attached hydrogen (secondary N) is 1. The Bertz CT molecular complexity index is 3610. The number of esters is 2. The molecule has 6 fully saturated rings. The summed E-state index contributed by atoms with van der Waals surface area (Å²) < 4.78 is 25.1. The van der Waals surface area contributed by atoms with Crippen molar-refractivity contribution in [2.75, 3.05) is 56.7 Å². The highest BCUT2D eigenvalue weighted by molar-refractivity contribution is 6.39. The Morgan fingerprint density at radius 1 is 0.658 bits per heavy atom. The van der Waals surface area contributed by atoms with E-state index in [0.717, 1.165) is 133 Å². The van der Waals surface area contributed by atoms with Crippen LogP contribution in [0.3, 0.4) is 0 Å².